The molecule has 3 unspecified atom stereocenters. The summed E-state index contributed by atoms with van der Waals surface area (Å²) in [7, 11) is 0. The number of para-hydroxylation sites is 8. The van der Waals surface area contributed by atoms with E-state index in [0.717, 1.165) is 65.5 Å². The number of nitrogens with one attached hydrogen (secondary N) is 7. The normalized spacial score (nSPS) is 14.9. The zero-order valence-corrected chi connectivity index (χ0v) is 52.0. The molecule has 0 aliphatic heterocycles. The minimum Gasteiger partial charge on any atom is -0.444 e. The number of anilines is 6. The van der Waals surface area contributed by atoms with Crippen molar-refractivity contribution in [3.05, 3.63) is 238 Å². The van der Waals surface area contributed by atoms with Gasteiger partial charge in [-0.15, -0.1) is 0 Å². The van der Waals surface area contributed by atoms with Gasteiger partial charge in [0, 0.05) is 22.7 Å². The molecular formula is C72H75N9O11. The van der Waals surface area contributed by atoms with Crippen LogP contribution in [0.3, 0.4) is 0 Å². The van der Waals surface area contributed by atoms with Gasteiger partial charge in [0.05, 0.1) is 46.2 Å². The molecule has 11 rings (SSSR count). The van der Waals surface area contributed by atoms with E-state index < -0.39 is 35.6 Å². The number of nitrogen functional groups attached to an aromatic ring is 1. The Balaban J connectivity index is 0.000000165. The van der Waals surface area contributed by atoms with Crippen molar-refractivity contribution >= 4 is 76.2 Å². The predicted molar refractivity (Wildman–Crippen MR) is 355 cm³/mol. The van der Waals surface area contributed by atoms with Crippen LogP contribution < -0.4 is 58.2 Å². The lowest BCUT2D eigenvalue weighted by molar-refractivity contribution is 0.0624. The minimum atomic E-state index is -0.641. The van der Waals surface area contributed by atoms with Crippen molar-refractivity contribution in [3.63, 3.8) is 0 Å². The van der Waals surface area contributed by atoms with Gasteiger partial charge >= 0.3 is 24.4 Å². The molecule has 8 aromatic carbocycles. The van der Waals surface area contributed by atoms with E-state index in [9.17, 15) is 33.6 Å². The Hall–Kier alpha value is -11.0. The van der Waals surface area contributed by atoms with Gasteiger partial charge in [0.2, 0.25) is 0 Å². The van der Waals surface area contributed by atoms with E-state index in [0.29, 0.717) is 68.7 Å². The molecule has 0 saturated carbocycles. The highest BCUT2D eigenvalue weighted by Gasteiger charge is 2.29. The van der Waals surface area contributed by atoms with E-state index in [1.165, 1.54) is 0 Å². The van der Waals surface area contributed by atoms with Crippen molar-refractivity contribution in [2.45, 2.75) is 109 Å². The standard InChI is InChI=1S/C28H29N3O5.C23H21N3O3.C21H25N3O3/c1-28(2,3)36-27(34)31-24-12-8-7-11-23(24)29-25(32)19-13-15-21-18(17-19)14-16-22(21)30-26(33)35-20-9-5-4-6-10-20;24-19-8-4-5-9-21(19)25-22(27)16-10-12-18-15(14-16)11-13-20(18)26-23(28)29-17-6-2-1-3-7-17;1-21(2,3)27-20(26)24-18-7-5-4-6-17(18)23-19(25)14-8-10-15-13(12-14)9-11-16(15)22/h4-13,15,17,22H,14,16H2,1-3H3,(H,29,32)(H,30,33)(H,31,34);1-10,12,14,20H,11,13,24H2,(H,25,27)(H,26,28);4-8,10,12,16H,9,11,22H2,1-3H3,(H,23,25)(H,24,26). The van der Waals surface area contributed by atoms with Gasteiger partial charge in [-0.3, -0.25) is 25.0 Å². The summed E-state index contributed by atoms with van der Waals surface area (Å²) >= 11 is 0. The van der Waals surface area contributed by atoms with Crippen molar-refractivity contribution < 1.29 is 52.5 Å². The molecule has 11 N–H and O–H groups in total. The van der Waals surface area contributed by atoms with Crippen LogP contribution in [0.15, 0.2) is 188 Å². The first-order chi connectivity index (χ1) is 44.0. The van der Waals surface area contributed by atoms with E-state index in [1.54, 1.807) is 157 Å². The van der Waals surface area contributed by atoms with Crippen LogP contribution in [-0.4, -0.2) is 53.3 Å². The number of amides is 7. The molecule has 0 spiro atoms. The Morgan fingerprint density at radius 2 is 0.707 bits per heavy atom. The van der Waals surface area contributed by atoms with E-state index in [2.05, 4.69) is 37.2 Å². The Labute approximate surface area is 534 Å². The Morgan fingerprint density at radius 3 is 1.10 bits per heavy atom. The lowest BCUT2D eigenvalue weighted by Gasteiger charge is -2.20. The molecule has 92 heavy (non-hydrogen) atoms. The van der Waals surface area contributed by atoms with Gasteiger partial charge in [-0.25, -0.2) is 19.2 Å². The van der Waals surface area contributed by atoms with Crippen LogP contribution in [0.25, 0.3) is 0 Å². The van der Waals surface area contributed by atoms with Crippen molar-refractivity contribution in [1.82, 2.24) is 10.6 Å². The van der Waals surface area contributed by atoms with E-state index in [-0.39, 0.29) is 35.8 Å². The van der Waals surface area contributed by atoms with Gasteiger partial charge in [0.15, 0.2) is 0 Å². The first kappa shape index (κ1) is 65.5. The number of rotatable bonds is 12. The molecule has 0 heterocycles. The summed E-state index contributed by atoms with van der Waals surface area (Å²) in [6.07, 6.45) is 2.58. The molecule has 3 atom stereocenters. The summed E-state index contributed by atoms with van der Waals surface area (Å²) in [6.45, 7) is 10.7. The fourth-order valence-corrected chi connectivity index (χ4v) is 10.6. The molecule has 3 aliphatic rings. The average Bonchev–Trinajstić information content (AvgIpc) is 1.74. The van der Waals surface area contributed by atoms with Crippen LogP contribution >= 0.6 is 0 Å². The maximum Gasteiger partial charge on any atom is 0.413 e. The molecule has 0 aromatic heterocycles. The number of benzene rings is 8. The molecule has 3 aliphatic carbocycles. The number of ether oxygens (including phenoxy) is 4. The number of hydrogen-bond acceptors (Lipinski definition) is 13. The monoisotopic (exact) mass is 1240 g/mol. The van der Waals surface area contributed by atoms with Gasteiger partial charge in [0.25, 0.3) is 17.7 Å². The maximum absolute atomic E-state index is 13.0. The second-order valence-corrected chi connectivity index (χ2v) is 24.1. The molecule has 8 aromatic rings. The summed E-state index contributed by atoms with van der Waals surface area (Å²) in [4.78, 5) is 87.0. The summed E-state index contributed by atoms with van der Waals surface area (Å²) in [5, 5.41) is 19.7. The summed E-state index contributed by atoms with van der Waals surface area (Å²) < 4.78 is 21.2. The van der Waals surface area contributed by atoms with Crippen molar-refractivity contribution in [2.75, 3.05) is 32.3 Å². The van der Waals surface area contributed by atoms with Crippen molar-refractivity contribution in [2.24, 2.45) is 5.73 Å². The molecule has 20 heteroatoms. The van der Waals surface area contributed by atoms with E-state index >= 15 is 0 Å². The molecule has 7 amide bonds. The summed E-state index contributed by atoms with van der Waals surface area (Å²) in [5.41, 5.74) is 21.5. The zero-order chi connectivity index (χ0) is 65.5. The van der Waals surface area contributed by atoms with Gasteiger partial charge in [-0.2, -0.15) is 0 Å². The Morgan fingerprint density at radius 1 is 0.380 bits per heavy atom. The average molecular weight is 1240 g/mol. The molecule has 474 valence electrons. The van der Waals surface area contributed by atoms with Gasteiger partial charge in [-0.1, -0.05) is 91.0 Å². The molecule has 0 bridgehead atoms. The zero-order valence-electron chi connectivity index (χ0n) is 52.0. The molecular weight excluding hydrogens is 1170 g/mol. The number of nitrogens with two attached hydrogens (primary N) is 2. The Bertz CT molecular complexity index is 4000. The largest absolute Gasteiger partial charge is 0.444 e. The third kappa shape index (κ3) is 18.3. The first-order valence-electron chi connectivity index (χ1n) is 30.2. The quantitative estimate of drug-likeness (QED) is 0.0515. The highest BCUT2D eigenvalue weighted by atomic mass is 16.6. The number of fused-ring (bicyclic) bond motifs is 3. The lowest BCUT2D eigenvalue weighted by atomic mass is 10.0. The summed E-state index contributed by atoms with van der Waals surface area (Å²) in [5.74, 6) is 0.204. The van der Waals surface area contributed by atoms with E-state index in [4.69, 9.17) is 30.4 Å². The number of carbonyl (C=O) groups is 7. The van der Waals surface area contributed by atoms with Crippen LogP contribution in [0.1, 0.15) is 143 Å². The second-order valence-electron chi connectivity index (χ2n) is 24.1. The topological polar surface area (TPSA) is 293 Å². The lowest BCUT2D eigenvalue weighted by Crippen LogP contribution is -2.30. The molecule has 0 fully saturated rings. The minimum absolute atomic E-state index is 0.0517. The number of aryl methyl sites for hydroxylation is 3. The molecule has 20 nitrogen and oxygen atoms in total. The third-order valence-electron chi connectivity index (χ3n) is 14.8. The number of hydrogen-bond donors (Lipinski definition) is 9. The van der Waals surface area contributed by atoms with E-state index in [1.807, 2.05) is 72.8 Å². The number of carbonyl (C=O) groups excluding carboxylic acids is 7. The fourth-order valence-electron chi connectivity index (χ4n) is 10.6. The van der Waals surface area contributed by atoms with Gasteiger partial charge < -0.3 is 57.0 Å². The smallest absolute Gasteiger partial charge is 0.413 e. The predicted octanol–water partition coefficient (Wildman–Crippen LogP) is 14.6. The van der Waals surface area contributed by atoms with Crippen molar-refractivity contribution in [1.29, 1.82) is 0 Å². The van der Waals surface area contributed by atoms with Crippen LogP contribution in [-0.2, 0) is 28.7 Å². The second kappa shape index (κ2) is 29.5. The SMILES string of the molecule is CC(C)(C)OC(=O)Nc1ccccc1NC(=O)c1ccc2c(c1)CCC2N.CC(C)(C)OC(=O)Nc1ccccc1NC(=O)c1ccc2c(c1)CCC2NC(=O)Oc1ccccc1.Nc1ccccc1NC(=O)c1ccc2c(c1)CCC2NC(=O)Oc1ccccc1. The maximum atomic E-state index is 13.0. The third-order valence-corrected chi connectivity index (χ3v) is 14.8. The summed E-state index contributed by atoms with van der Waals surface area (Å²) in [6, 6.07) is 55.1. The Kier molecular flexibility index (Phi) is 21.0. The first-order valence-corrected chi connectivity index (χ1v) is 30.2. The van der Waals surface area contributed by atoms with Crippen LogP contribution in [0.5, 0.6) is 11.5 Å². The molecule has 0 saturated heterocycles. The molecule has 0 radical (unpaired) electrons. The van der Waals surface area contributed by atoms with Crippen LogP contribution in [0.4, 0.5) is 53.3 Å². The highest BCUT2D eigenvalue weighted by molar-refractivity contribution is 6.08. The highest BCUT2D eigenvalue weighted by Crippen LogP contribution is 2.35. The van der Waals surface area contributed by atoms with Crippen LogP contribution in [0.2, 0.25) is 0 Å². The van der Waals surface area contributed by atoms with Gasteiger partial charge in [0.1, 0.15) is 22.7 Å². The fraction of sp³-hybridized carbons (Fsp3) is 0.236. The van der Waals surface area contributed by atoms with Crippen molar-refractivity contribution in [3.8, 4) is 11.5 Å². The van der Waals surface area contributed by atoms with Gasteiger partial charge in [-0.05, 0) is 211 Å². The van der Waals surface area contributed by atoms with Crippen LogP contribution in [0, 0.1) is 0 Å².